The van der Waals surface area contributed by atoms with E-state index in [1.807, 2.05) is 84.9 Å². The maximum Gasteiger partial charge on any atom is 0.259 e. The molecule has 29 heavy (non-hydrogen) atoms. The SMILES string of the molecule is C=CCn1c(-c2ccccc2Br)cc(-c2ccccc2)c(-c2ccccc2)c1=O. The smallest absolute Gasteiger partial charge is 0.259 e. The second kappa shape index (κ2) is 8.46. The van der Waals surface area contributed by atoms with Gasteiger partial charge in [0.2, 0.25) is 0 Å². The maximum absolute atomic E-state index is 13.8. The summed E-state index contributed by atoms with van der Waals surface area (Å²) in [6.45, 7) is 4.30. The van der Waals surface area contributed by atoms with Crippen molar-refractivity contribution in [3.63, 3.8) is 0 Å². The highest BCUT2D eigenvalue weighted by atomic mass is 79.9. The number of aromatic nitrogens is 1. The predicted octanol–water partition coefficient (Wildman–Crippen LogP) is 6.80. The molecule has 3 aromatic carbocycles. The molecule has 2 nitrogen and oxygen atoms in total. The van der Waals surface area contributed by atoms with Crippen molar-refractivity contribution >= 4 is 15.9 Å². The Hall–Kier alpha value is -3.17. The summed E-state index contributed by atoms with van der Waals surface area (Å²) in [7, 11) is 0. The maximum atomic E-state index is 13.8. The molecule has 0 bridgehead atoms. The van der Waals surface area contributed by atoms with Crippen LogP contribution < -0.4 is 5.56 Å². The molecule has 142 valence electrons. The van der Waals surface area contributed by atoms with Crippen LogP contribution in [0.25, 0.3) is 33.5 Å². The number of benzene rings is 3. The Morgan fingerprint density at radius 1 is 0.793 bits per heavy atom. The zero-order chi connectivity index (χ0) is 20.2. The first kappa shape index (κ1) is 19.2. The minimum atomic E-state index is -0.0248. The van der Waals surface area contributed by atoms with Gasteiger partial charge in [-0.3, -0.25) is 4.79 Å². The summed E-state index contributed by atoms with van der Waals surface area (Å²) < 4.78 is 2.74. The zero-order valence-corrected chi connectivity index (χ0v) is 17.5. The fraction of sp³-hybridized carbons (Fsp3) is 0.0385. The van der Waals surface area contributed by atoms with Crippen molar-refractivity contribution < 1.29 is 0 Å². The second-order valence-corrected chi connectivity index (χ2v) is 7.59. The molecule has 4 rings (SSSR count). The van der Waals surface area contributed by atoms with E-state index in [2.05, 4.69) is 28.6 Å². The van der Waals surface area contributed by atoms with Gasteiger partial charge in [-0.25, -0.2) is 0 Å². The highest BCUT2D eigenvalue weighted by Gasteiger charge is 2.19. The number of allylic oxidation sites excluding steroid dienone is 1. The molecule has 0 aliphatic rings. The van der Waals surface area contributed by atoms with Crippen LogP contribution in [0.5, 0.6) is 0 Å². The first-order valence-electron chi connectivity index (χ1n) is 9.45. The molecule has 0 radical (unpaired) electrons. The average molecular weight is 442 g/mol. The molecule has 1 aromatic heterocycles. The number of hydrogen-bond acceptors (Lipinski definition) is 1. The lowest BCUT2D eigenvalue weighted by atomic mass is 9.94. The topological polar surface area (TPSA) is 22.0 Å². The third kappa shape index (κ3) is 3.74. The molecule has 0 spiro atoms. The number of pyridine rings is 1. The van der Waals surface area contributed by atoms with Crippen LogP contribution in [0.15, 0.2) is 113 Å². The van der Waals surface area contributed by atoms with Crippen LogP contribution >= 0.6 is 15.9 Å². The number of rotatable bonds is 5. The molecule has 0 fully saturated rings. The van der Waals surface area contributed by atoms with Crippen LogP contribution in [0.1, 0.15) is 0 Å². The summed E-state index contributed by atoms with van der Waals surface area (Å²) in [5, 5.41) is 0. The monoisotopic (exact) mass is 441 g/mol. The van der Waals surface area contributed by atoms with Crippen molar-refractivity contribution in [1.82, 2.24) is 4.57 Å². The van der Waals surface area contributed by atoms with Crippen LogP contribution in [0, 0.1) is 0 Å². The van der Waals surface area contributed by atoms with Gasteiger partial charge in [0.25, 0.3) is 5.56 Å². The Balaban J connectivity index is 2.12. The molecule has 1 heterocycles. The van der Waals surface area contributed by atoms with E-state index in [0.29, 0.717) is 12.1 Å². The lowest BCUT2D eigenvalue weighted by Crippen LogP contribution is -2.24. The highest BCUT2D eigenvalue weighted by molar-refractivity contribution is 9.10. The van der Waals surface area contributed by atoms with Crippen LogP contribution in [0.3, 0.4) is 0 Å². The lowest BCUT2D eigenvalue weighted by molar-refractivity contribution is 0.792. The third-order valence-electron chi connectivity index (χ3n) is 4.91. The summed E-state index contributed by atoms with van der Waals surface area (Å²) in [6.07, 6.45) is 1.76. The molecule has 0 saturated carbocycles. The van der Waals surface area contributed by atoms with E-state index < -0.39 is 0 Å². The van der Waals surface area contributed by atoms with Crippen molar-refractivity contribution in [3.8, 4) is 33.5 Å². The second-order valence-electron chi connectivity index (χ2n) is 6.73. The fourth-order valence-electron chi connectivity index (χ4n) is 3.58. The van der Waals surface area contributed by atoms with Gasteiger partial charge < -0.3 is 4.57 Å². The van der Waals surface area contributed by atoms with E-state index in [0.717, 1.165) is 32.4 Å². The molecule has 0 unspecified atom stereocenters. The number of halogens is 1. The predicted molar refractivity (Wildman–Crippen MR) is 125 cm³/mol. The number of nitrogens with zero attached hydrogens (tertiary/aromatic N) is 1. The Kier molecular flexibility index (Phi) is 5.59. The largest absolute Gasteiger partial charge is 0.304 e. The summed E-state index contributed by atoms with van der Waals surface area (Å²) in [5.41, 5.74) is 5.37. The molecule has 4 aromatic rings. The molecule has 0 aliphatic carbocycles. The Morgan fingerprint density at radius 3 is 2.00 bits per heavy atom. The molecule has 0 N–H and O–H groups in total. The Bertz CT molecular complexity index is 1210. The van der Waals surface area contributed by atoms with Gasteiger partial charge in [0.1, 0.15) is 0 Å². The molecule has 0 aliphatic heterocycles. The fourth-order valence-corrected chi connectivity index (χ4v) is 4.07. The van der Waals surface area contributed by atoms with Crippen molar-refractivity contribution in [2.75, 3.05) is 0 Å². The van der Waals surface area contributed by atoms with E-state index in [-0.39, 0.29) is 5.56 Å². The number of hydrogen-bond donors (Lipinski definition) is 0. The van der Waals surface area contributed by atoms with E-state index in [4.69, 9.17) is 0 Å². The van der Waals surface area contributed by atoms with Crippen LogP contribution in [-0.4, -0.2) is 4.57 Å². The van der Waals surface area contributed by atoms with E-state index >= 15 is 0 Å². The van der Waals surface area contributed by atoms with Gasteiger partial charge in [-0.15, -0.1) is 6.58 Å². The standard InChI is InChI=1S/C26H20BrNO/c1-2-17-28-24(21-15-9-10-16-23(21)27)18-22(19-11-5-3-6-12-19)25(26(28)29)20-13-7-4-8-14-20/h2-16,18H,1,17H2. The van der Waals surface area contributed by atoms with Crippen LogP contribution in [0.4, 0.5) is 0 Å². The van der Waals surface area contributed by atoms with Gasteiger partial charge in [0.05, 0.1) is 11.3 Å². The van der Waals surface area contributed by atoms with Gasteiger partial charge in [0, 0.05) is 16.6 Å². The molecular formula is C26H20BrNO. The van der Waals surface area contributed by atoms with Crippen molar-refractivity contribution in [1.29, 1.82) is 0 Å². The minimum absolute atomic E-state index is 0.0248. The van der Waals surface area contributed by atoms with Gasteiger partial charge >= 0.3 is 0 Å². The first-order valence-corrected chi connectivity index (χ1v) is 10.2. The van der Waals surface area contributed by atoms with E-state index in [1.165, 1.54) is 0 Å². The van der Waals surface area contributed by atoms with Crippen molar-refractivity contribution in [3.05, 3.63) is 118 Å². The first-order chi connectivity index (χ1) is 14.2. The summed E-state index contributed by atoms with van der Waals surface area (Å²) >= 11 is 3.65. The normalized spacial score (nSPS) is 10.7. The van der Waals surface area contributed by atoms with Gasteiger partial charge in [-0.05, 0) is 28.8 Å². The van der Waals surface area contributed by atoms with E-state index in [1.54, 1.807) is 10.6 Å². The zero-order valence-electron chi connectivity index (χ0n) is 15.9. The van der Waals surface area contributed by atoms with E-state index in [9.17, 15) is 4.79 Å². The highest BCUT2D eigenvalue weighted by Crippen LogP contribution is 2.35. The third-order valence-corrected chi connectivity index (χ3v) is 5.60. The summed E-state index contributed by atoms with van der Waals surface area (Å²) in [4.78, 5) is 13.8. The Morgan fingerprint density at radius 2 is 1.38 bits per heavy atom. The van der Waals surface area contributed by atoms with Crippen molar-refractivity contribution in [2.45, 2.75) is 6.54 Å². The average Bonchev–Trinajstić information content (AvgIpc) is 2.77. The minimum Gasteiger partial charge on any atom is -0.304 e. The van der Waals surface area contributed by atoms with Gasteiger partial charge in [-0.2, -0.15) is 0 Å². The quantitative estimate of drug-likeness (QED) is 0.312. The van der Waals surface area contributed by atoms with Gasteiger partial charge in [0.15, 0.2) is 0 Å². The lowest BCUT2D eigenvalue weighted by Gasteiger charge is -2.19. The molecular weight excluding hydrogens is 422 g/mol. The van der Waals surface area contributed by atoms with Crippen molar-refractivity contribution in [2.24, 2.45) is 0 Å². The van der Waals surface area contributed by atoms with Crippen LogP contribution in [-0.2, 0) is 6.54 Å². The van der Waals surface area contributed by atoms with Gasteiger partial charge in [-0.1, -0.05) is 101 Å². The summed E-state index contributed by atoms with van der Waals surface area (Å²) in [6, 6.07) is 30.0. The molecule has 0 amide bonds. The summed E-state index contributed by atoms with van der Waals surface area (Å²) in [5.74, 6) is 0. The Labute approximate surface area is 178 Å². The molecule has 3 heteroatoms. The molecule has 0 atom stereocenters. The molecule has 0 saturated heterocycles. The van der Waals surface area contributed by atoms with Crippen LogP contribution in [0.2, 0.25) is 0 Å².